The van der Waals surface area contributed by atoms with Gasteiger partial charge in [0.1, 0.15) is 0 Å². The van der Waals surface area contributed by atoms with Crippen LogP contribution < -0.4 is 0 Å². The predicted octanol–water partition coefficient (Wildman–Crippen LogP) is 4.25. The van der Waals surface area contributed by atoms with Gasteiger partial charge in [0.25, 0.3) is 0 Å². The van der Waals surface area contributed by atoms with Crippen molar-refractivity contribution in [3.63, 3.8) is 0 Å². The molecule has 0 saturated carbocycles. The number of aryl methyl sites for hydroxylation is 2. The van der Waals surface area contributed by atoms with E-state index in [1.807, 2.05) is 19.9 Å². The Bertz CT molecular complexity index is 564. The van der Waals surface area contributed by atoms with Crippen LogP contribution in [0.15, 0.2) is 30.3 Å². The quantitative estimate of drug-likeness (QED) is 0.732. The number of benzene rings is 1. The Kier molecular flexibility index (Phi) is 4.20. The summed E-state index contributed by atoms with van der Waals surface area (Å²) in [6, 6.07) is 10.6. The number of hydrogen-bond donors (Lipinski definition) is 0. The monoisotopic (exact) mass is 255 g/mol. The van der Waals surface area contributed by atoms with Gasteiger partial charge in [0.15, 0.2) is 6.29 Å². The van der Waals surface area contributed by atoms with Crippen molar-refractivity contribution in [3.8, 4) is 5.69 Å². The number of carbonyl (C=O) groups excluding carboxylic acids is 1. The first-order chi connectivity index (χ1) is 9.17. The molecule has 0 amide bonds. The van der Waals surface area contributed by atoms with Gasteiger partial charge in [-0.3, -0.25) is 4.79 Å². The summed E-state index contributed by atoms with van der Waals surface area (Å²) in [6.07, 6.45) is 4.52. The van der Waals surface area contributed by atoms with Gasteiger partial charge in [-0.25, -0.2) is 0 Å². The molecule has 0 radical (unpaired) electrons. The summed E-state index contributed by atoms with van der Waals surface area (Å²) in [7, 11) is 0. The molecule has 0 aliphatic rings. The fourth-order valence-electron chi connectivity index (χ4n) is 2.50. The van der Waals surface area contributed by atoms with Gasteiger partial charge in [0, 0.05) is 22.6 Å². The van der Waals surface area contributed by atoms with E-state index in [1.54, 1.807) is 0 Å². The lowest BCUT2D eigenvalue weighted by Crippen LogP contribution is -1.99. The highest BCUT2D eigenvalue weighted by molar-refractivity contribution is 5.77. The van der Waals surface area contributed by atoms with Crippen molar-refractivity contribution < 1.29 is 4.79 Å². The van der Waals surface area contributed by atoms with E-state index in [9.17, 15) is 4.79 Å². The summed E-state index contributed by atoms with van der Waals surface area (Å²) in [4.78, 5) is 11.0. The molecule has 19 heavy (non-hydrogen) atoms. The third-order valence-corrected chi connectivity index (χ3v) is 3.61. The van der Waals surface area contributed by atoms with Crippen LogP contribution >= 0.6 is 0 Å². The largest absolute Gasteiger partial charge is 0.318 e. The fourth-order valence-corrected chi connectivity index (χ4v) is 2.50. The third-order valence-electron chi connectivity index (χ3n) is 3.61. The second-order valence-electron chi connectivity index (χ2n) is 5.05. The lowest BCUT2D eigenvalue weighted by Gasteiger charge is -2.10. The lowest BCUT2D eigenvalue weighted by molar-refractivity contribution is 0.112. The molecule has 2 heteroatoms. The van der Waals surface area contributed by atoms with E-state index in [0.29, 0.717) is 0 Å². The molecule has 2 nitrogen and oxygen atoms in total. The van der Waals surface area contributed by atoms with E-state index < -0.39 is 0 Å². The molecular formula is C17H21NO. The van der Waals surface area contributed by atoms with E-state index in [0.717, 1.165) is 35.3 Å². The van der Waals surface area contributed by atoms with E-state index in [1.165, 1.54) is 18.4 Å². The normalized spacial score (nSPS) is 10.7. The number of rotatable bonds is 5. The molecule has 2 rings (SSSR count). The maximum absolute atomic E-state index is 11.0. The van der Waals surface area contributed by atoms with Crippen LogP contribution in [0.3, 0.4) is 0 Å². The highest BCUT2D eigenvalue weighted by atomic mass is 16.1. The van der Waals surface area contributed by atoms with Gasteiger partial charge in [-0.05, 0) is 50.5 Å². The molecule has 0 saturated heterocycles. The van der Waals surface area contributed by atoms with Crippen LogP contribution in [-0.2, 0) is 6.42 Å². The Balaban J connectivity index is 2.32. The van der Waals surface area contributed by atoms with Crippen LogP contribution in [0, 0.1) is 13.8 Å². The molecule has 0 unspecified atom stereocenters. The summed E-state index contributed by atoms with van der Waals surface area (Å²) in [5.41, 5.74) is 5.38. The Morgan fingerprint density at radius 3 is 2.37 bits per heavy atom. The van der Waals surface area contributed by atoms with Crippen molar-refractivity contribution in [2.24, 2.45) is 0 Å². The third kappa shape index (κ3) is 2.78. The van der Waals surface area contributed by atoms with Crippen molar-refractivity contribution >= 4 is 6.29 Å². The average Bonchev–Trinajstić information content (AvgIpc) is 2.72. The standard InChI is InChI=1S/C17H21NO/c1-4-5-6-15-7-9-17(10-8-15)18-13(2)11-16(12-19)14(18)3/h7-12H,4-6H2,1-3H3. The van der Waals surface area contributed by atoms with Crippen molar-refractivity contribution in [2.75, 3.05) is 0 Å². The van der Waals surface area contributed by atoms with E-state index in [2.05, 4.69) is 35.8 Å². The number of nitrogens with zero attached hydrogens (tertiary/aromatic N) is 1. The molecule has 100 valence electrons. The van der Waals surface area contributed by atoms with Gasteiger partial charge < -0.3 is 4.57 Å². The Hall–Kier alpha value is -1.83. The predicted molar refractivity (Wildman–Crippen MR) is 79.2 cm³/mol. The minimum Gasteiger partial charge on any atom is -0.318 e. The van der Waals surface area contributed by atoms with E-state index in [-0.39, 0.29) is 0 Å². The van der Waals surface area contributed by atoms with E-state index in [4.69, 9.17) is 0 Å². The molecule has 0 fully saturated rings. The molecule has 0 bridgehead atoms. The highest BCUT2D eigenvalue weighted by Gasteiger charge is 2.09. The smallest absolute Gasteiger partial charge is 0.151 e. The molecule has 0 spiro atoms. The molecule has 0 aliphatic heterocycles. The molecule has 0 N–H and O–H groups in total. The first kappa shape index (κ1) is 13.6. The summed E-state index contributed by atoms with van der Waals surface area (Å²) in [6.45, 7) is 6.23. The molecular weight excluding hydrogens is 234 g/mol. The first-order valence-corrected chi connectivity index (χ1v) is 6.90. The van der Waals surface area contributed by atoms with Crippen LogP contribution in [0.4, 0.5) is 0 Å². The average molecular weight is 255 g/mol. The molecule has 1 aromatic carbocycles. The Labute approximate surface area is 115 Å². The van der Waals surface area contributed by atoms with Gasteiger partial charge in [0.2, 0.25) is 0 Å². The molecule has 0 aliphatic carbocycles. The molecule has 0 atom stereocenters. The van der Waals surface area contributed by atoms with Gasteiger partial charge in [0.05, 0.1) is 0 Å². The fraction of sp³-hybridized carbons (Fsp3) is 0.353. The zero-order valence-corrected chi connectivity index (χ0v) is 11.9. The van der Waals surface area contributed by atoms with Crippen LogP contribution in [0.1, 0.15) is 47.1 Å². The summed E-state index contributed by atoms with van der Waals surface area (Å²) in [5, 5.41) is 0. The second-order valence-corrected chi connectivity index (χ2v) is 5.05. The minimum atomic E-state index is 0.771. The molecule has 1 aromatic heterocycles. The van der Waals surface area contributed by atoms with Crippen LogP contribution in [0.25, 0.3) is 5.69 Å². The SMILES string of the molecule is CCCCc1ccc(-n2c(C)cc(C=O)c2C)cc1. The molecule has 1 heterocycles. The zero-order valence-electron chi connectivity index (χ0n) is 11.9. The highest BCUT2D eigenvalue weighted by Crippen LogP contribution is 2.20. The number of unbranched alkanes of at least 4 members (excludes halogenated alkanes) is 1. The van der Waals surface area contributed by atoms with Gasteiger partial charge in [-0.2, -0.15) is 0 Å². The van der Waals surface area contributed by atoms with Gasteiger partial charge in [-0.1, -0.05) is 25.5 Å². The summed E-state index contributed by atoms with van der Waals surface area (Å²) >= 11 is 0. The van der Waals surface area contributed by atoms with Crippen LogP contribution in [0.2, 0.25) is 0 Å². The Morgan fingerprint density at radius 2 is 1.84 bits per heavy atom. The second kappa shape index (κ2) is 5.87. The molecule has 2 aromatic rings. The van der Waals surface area contributed by atoms with Crippen LogP contribution in [-0.4, -0.2) is 10.9 Å². The van der Waals surface area contributed by atoms with Crippen molar-refractivity contribution in [1.29, 1.82) is 0 Å². The lowest BCUT2D eigenvalue weighted by atomic mass is 10.1. The summed E-state index contributed by atoms with van der Waals surface area (Å²) in [5.74, 6) is 0. The van der Waals surface area contributed by atoms with E-state index >= 15 is 0 Å². The number of aldehydes is 1. The number of hydrogen-bond acceptors (Lipinski definition) is 1. The minimum absolute atomic E-state index is 0.771. The summed E-state index contributed by atoms with van der Waals surface area (Å²) < 4.78 is 2.13. The number of carbonyl (C=O) groups is 1. The van der Waals surface area contributed by atoms with Crippen LogP contribution in [0.5, 0.6) is 0 Å². The number of aromatic nitrogens is 1. The Morgan fingerprint density at radius 1 is 1.16 bits per heavy atom. The van der Waals surface area contributed by atoms with Crippen molar-refractivity contribution in [3.05, 3.63) is 52.8 Å². The van der Waals surface area contributed by atoms with Gasteiger partial charge >= 0.3 is 0 Å². The van der Waals surface area contributed by atoms with Gasteiger partial charge in [-0.15, -0.1) is 0 Å². The van der Waals surface area contributed by atoms with Crippen molar-refractivity contribution in [2.45, 2.75) is 40.0 Å². The zero-order chi connectivity index (χ0) is 13.8. The topological polar surface area (TPSA) is 22.0 Å². The maximum atomic E-state index is 11.0. The first-order valence-electron chi connectivity index (χ1n) is 6.90. The maximum Gasteiger partial charge on any atom is 0.151 e. The van der Waals surface area contributed by atoms with Crippen molar-refractivity contribution in [1.82, 2.24) is 4.57 Å².